The summed E-state index contributed by atoms with van der Waals surface area (Å²) < 4.78 is 5.32. The predicted octanol–water partition coefficient (Wildman–Crippen LogP) is 4.12. The van der Waals surface area contributed by atoms with Gasteiger partial charge in [0.05, 0.1) is 16.8 Å². The van der Waals surface area contributed by atoms with Crippen molar-refractivity contribution in [3.63, 3.8) is 0 Å². The fourth-order valence-electron chi connectivity index (χ4n) is 2.56. The molecule has 124 valence electrons. The van der Waals surface area contributed by atoms with E-state index < -0.39 is 0 Å². The first-order valence-electron chi connectivity index (χ1n) is 7.92. The third-order valence-corrected chi connectivity index (χ3v) is 3.84. The smallest absolute Gasteiger partial charge is 0.257 e. The Morgan fingerprint density at radius 2 is 1.92 bits per heavy atom. The van der Waals surface area contributed by atoms with Gasteiger partial charge in [-0.15, -0.1) is 6.42 Å². The molecular weight excluding hydrogens is 312 g/mol. The Kier molecular flexibility index (Phi) is 4.67. The third kappa shape index (κ3) is 3.78. The van der Waals surface area contributed by atoms with Gasteiger partial charge in [-0.3, -0.25) is 9.78 Å². The number of nitrogens with one attached hydrogen (secondary N) is 1. The van der Waals surface area contributed by atoms with Crippen molar-refractivity contribution in [3.8, 4) is 18.1 Å². The molecular formula is C21H18N2O2. The highest BCUT2D eigenvalue weighted by molar-refractivity contribution is 6.06. The van der Waals surface area contributed by atoms with E-state index in [0.29, 0.717) is 22.7 Å². The number of aryl methyl sites for hydroxylation is 2. The second kappa shape index (κ2) is 7.06. The molecule has 0 radical (unpaired) electrons. The molecule has 0 aliphatic heterocycles. The third-order valence-electron chi connectivity index (χ3n) is 3.84. The van der Waals surface area contributed by atoms with E-state index in [1.807, 2.05) is 38.1 Å². The van der Waals surface area contributed by atoms with Crippen LogP contribution in [0.5, 0.6) is 5.75 Å². The van der Waals surface area contributed by atoms with Crippen LogP contribution < -0.4 is 10.1 Å². The van der Waals surface area contributed by atoms with Crippen LogP contribution in [0.3, 0.4) is 0 Å². The van der Waals surface area contributed by atoms with E-state index in [1.54, 1.807) is 24.3 Å². The van der Waals surface area contributed by atoms with E-state index >= 15 is 0 Å². The summed E-state index contributed by atoms with van der Waals surface area (Å²) in [4.78, 5) is 17.1. The topological polar surface area (TPSA) is 51.2 Å². The molecule has 25 heavy (non-hydrogen) atoms. The molecule has 1 N–H and O–H groups in total. The number of anilines is 1. The van der Waals surface area contributed by atoms with Crippen LogP contribution in [-0.4, -0.2) is 17.5 Å². The number of pyridine rings is 1. The van der Waals surface area contributed by atoms with Gasteiger partial charge < -0.3 is 10.1 Å². The van der Waals surface area contributed by atoms with Gasteiger partial charge in [0.15, 0.2) is 0 Å². The molecule has 4 nitrogen and oxygen atoms in total. The van der Waals surface area contributed by atoms with Crippen molar-refractivity contribution in [2.45, 2.75) is 13.8 Å². The first-order valence-corrected chi connectivity index (χ1v) is 7.92. The lowest BCUT2D eigenvalue weighted by atomic mass is 10.1. The summed E-state index contributed by atoms with van der Waals surface area (Å²) >= 11 is 0. The number of amides is 1. The van der Waals surface area contributed by atoms with Gasteiger partial charge in [-0.1, -0.05) is 18.1 Å². The van der Waals surface area contributed by atoms with Crippen LogP contribution in [-0.2, 0) is 0 Å². The maximum Gasteiger partial charge on any atom is 0.257 e. The Labute approximate surface area is 146 Å². The van der Waals surface area contributed by atoms with Crippen molar-refractivity contribution in [2.24, 2.45) is 0 Å². The predicted molar refractivity (Wildman–Crippen MR) is 99.9 cm³/mol. The molecule has 3 rings (SSSR count). The zero-order chi connectivity index (χ0) is 17.8. The van der Waals surface area contributed by atoms with Gasteiger partial charge in [0, 0.05) is 11.1 Å². The lowest BCUT2D eigenvalue weighted by Gasteiger charge is -2.10. The van der Waals surface area contributed by atoms with Gasteiger partial charge in [-0.25, -0.2) is 0 Å². The van der Waals surface area contributed by atoms with E-state index in [-0.39, 0.29) is 12.5 Å². The molecule has 4 heteroatoms. The Morgan fingerprint density at radius 3 is 2.64 bits per heavy atom. The van der Waals surface area contributed by atoms with Crippen LogP contribution >= 0.6 is 0 Å². The molecule has 0 saturated heterocycles. The van der Waals surface area contributed by atoms with Gasteiger partial charge >= 0.3 is 0 Å². The van der Waals surface area contributed by atoms with Crippen LogP contribution in [0.1, 0.15) is 21.6 Å². The van der Waals surface area contributed by atoms with Crippen molar-refractivity contribution >= 4 is 22.5 Å². The normalized spacial score (nSPS) is 10.3. The molecule has 0 unspecified atom stereocenters. The summed E-state index contributed by atoms with van der Waals surface area (Å²) in [5.41, 5.74) is 3.97. The number of terminal acetylenes is 1. The zero-order valence-corrected chi connectivity index (χ0v) is 14.2. The standard InChI is InChI=1S/C21H18N2O2/c1-4-11-25-18-9-7-17(8-10-18)23-21(24)19-13-16-6-5-14(2)12-20(16)22-15(19)3/h1,5-10,12-13H,11H2,2-3H3,(H,23,24). The fraction of sp³-hybridized carbons (Fsp3) is 0.143. The first-order chi connectivity index (χ1) is 12.1. The van der Waals surface area contributed by atoms with Crippen LogP contribution in [0.2, 0.25) is 0 Å². The van der Waals surface area contributed by atoms with Crippen LogP contribution in [0.15, 0.2) is 48.5 Å². The number of aromatic nitrogens is 1. The average molecular weight is 330 g/mol. The Bertz CT molecular complexity index is 970. The average Bonchev–Trinajstić information content (AvgIpc) is 2.60. The molecule has 0 atom stereocenters. The van der Waals surface area contributed by atoms with E-state index in [2.05, 4.69) is 16.2 Å². The summed E-state index contributed by atoms with van der Waals surface area (Å²) in [5, 5.41) is 3.83. The molecule has 0 aliphatic rings. The number of benzene rings is 2. The number of fused-ring (bicyclic) bond motifs is 1. The molecule has 0 bridgehead atoms. The van der Waals surface area contributed by atoms with Crippen LogP contribution in [0, 0.1) is 26.2 Å². The highest BCUT2D eigenvalue weighted by atomic mass is 16.5. The highest BCUT2D eigenvalue weighted by Crippen LogP contribution is 2.20. The SMILES string of the molecule is C#CCOc1ccc(NC(=O)c2cc3ccc(C)cc3nc2C)cc1. The number of carbonyl (C=O) groups excluding carboxylic acids is 1. The Hall–Kier alpha value is -3.32. The van der Waals surface area contributed by atoms with Crippen LogP contribution in [0.25, 0.3) is 10.9 Å². The minimum Gasteiger partial charge on any atom is -0.481 e. The number of nitrogens with zero attached hydrogens (tertiary/aromatic N) is 1. The maximum absolute atomic E-state index is 12.6. The van der Waals surface area contributed by atoms with Gasteiger partial charge in [0.25, 0.3) is 5.91 Å². The minimum atomic E-state index is -0.190. The summed E-state index contributed by atoms with van der Waals surface area (Å²) in [6.07, 6.45) is 5.16. The fourth-order valence-corrected chi connectivity index (χ4v) is 2.56. The van der Waals surface area contributed by atoms with Gasteiger partial charge in [-0.05, 0) is 55.8 Å². The molecule has 1 amide bonds. The molecule has 1 aromatic heterocycles. The molecule has 2 aromatic carbocycles. The highest BCUT2D eigenvalue weighted by Gasteiger charge is 2.12. The van der Waals surface area contributed by atoms with Crippen molar-refractivity contribution in [3.05, 3.63) is 65.4 Å². The molecule has 0 aliphatic carbocycles. The van der Waals surface area contributed by atoms with Crippen molar-refractivity contribution in [1.82, 2.24) is 4.98 Å². The van der Waals surface area contributed by atoms with Gasteiger partial charge in [-0.2, -0.15) is 0 Å². The van der Waals surface area contributed by atoms with Crippen molar-refractivity contribution in [1.29, 1.82) is 0 Å². The first kappa shape index (κ1) is 16.5. The summed E-state index contributed by atoms with van der Waals surface area (Å²) in [5.74, 6) is 2.88. The van der Waals surface area contributed by atoms with Crippen molar-refractivity contribution in [2.75, 3.05) is 11.9 Å². The molecule has 0 spiro atoms. The monoisotopic (exact) mass is 330 g/mol. The minimum absolute atomic E-state index is 0.190. The van der Waals surface area contributed by atoms with Crippen LogP contribution in [0.4, 0.5) is 5.69 Å². The lowest BCUT2D eigenvalue weighted by molar-refractivity contribution is 0.102. The summed E-state index contributed by atoms with van der Waals surface area (Å²) in [6.45, 7) is 4.08. The number of rotatable bonds is 4. The Balaban J connectivity index is 1.81. The number of ether oxygens (including phenoxy) is 1. The molecule has 0 saturated carbocycles. The van der Waals surface area contributed by atoms with E-state index in [9.17, 15) is 4.79 Å². The summed E-state index contributed by atoms with van der Waals surface area (Å²) in [6, 6.07) is 15.0. The molecule has 1 heterocycles. The second-order valence-corrected chi connectivity index (χ2v) is 5.79. The van der Waals surface area contributed by atoms with Gasteiger partial charge in [0.1, 0.15) is 12.4 Å². The van der Waals surface area contributed by atoms with E-state index in [4.69, 9.17) is 11.2 Å². The lowest BCUT2D eigenvalue weighted by Crippen LogP contribution is -2.14. The van der Waals surface area contributed by atoms with E-state index in [1.165, 1.54) is 0 Å². The largest absolute Gasteiger partial charge is 0.481 e. The molecule has 3 aromatic rings. The number of hydrogen-bond donors (Lipinski definition) is 1. The van der Waals surface area contributed by atoms with Gasteiger partial charge in [0.2, 0.25) is 0 Å². The van der Waals surface area contributed by atoms with E-state index in [0.717, 1.165) is 16.5 Å². The summed E-state index contributed by atoms with van der Waals surface area (Å²) in [7, 11) is 0. The Morgan fingerprint density at radius 1 is 1.16 bits per heavy atom. The zero-order valence-electron chi connectivity index (χ0n) is 14.2. The molecule has 0 fully saturated rings. The quantitative estimate of drug-likeness (QED) is 0.732. The van der Waals surface area contributed by atoms with Crippen molar-refractivity contribution < 1.29 is 9.53 Å². The second-order valence-electron chi connectivity index (χ2n) is 5.79. The number of carbonyl (C=O) groups is 1. The maximum atomic E-state index is 12.6. The number of hydrogen-bond acceptors (Lipinski definition) is 3.